The lowest BCUT2D eigenvalue weighted by Gasteiger charge is -2.06. The molecule has 0 amide bonds. The Morgan fingerprint density at radius 1 is 1.14 bits per heavy atom. The first kappa shape index (κ1) is 9.41. The fourth-order valence-corrected chi connectivity index (χ4v) is 2.15. The highest BCUT2D eigenvalue weighted by molar-refractivity contribution is 7.60. The molecule has 2 aromatic rings. The van der Waals surface area contributed by atoms with Gasteiger partial charge in [0.25, 0.3) is 0 Å². The Kier molecular flexibility index (Phi) is 2.16. The van der Waals surface area contributed by atoms with E-state index < -0.39 is 7.60 Å². The van der Waals surface area contributed by atoms with Crippen LogP contribution in [0.25, 0.3) is 10.8 Å². The van der Waals surface area contributed by atoms with E-state index >= 15 is 0 Å². The average Bonchev–Trinajstić information content (AvgIpc) is 2.15. The van der Waals surface area contributed by atoms with Crippen LogP contribution in [-0.2, 0) is 4.57 Å². The second-order valence-corrected chi connectivity index (χ2v) is 4.49. The highest BCUT2D eigenvalue weighted by Crippen LogP contribution is 2.35. The van der Waals surface area contributed by atoms with Gasteiger partial charge in [-0.1, -0.05) is 36.4 Å². The van der Waals surface area contributed by atoms with Gasteiger partial charge in [-0.25, -0.2) is 0 Å². The van der Waals surface area contributed by atoms with Gasteiger partial charge in [-0.3, -0.25) is 4.57 Å². The van der Waals surface area contributed by atoms with Crippen LogP contribution in [0.1, 0.15) is 0 Å². The van der Waals surface area contributed by atoms with Gasteiger partial charge >= 0.3 is 7.60 Å². The van der Waals surface area contributed by atoms with Crippen molar-refractivity contribution in [2.75, 3.05) is 0 Å². The highest BCUT2D eigenvalue weighted by atomic mass is 31.2. The standard InChI is InChI=1S/C10H8O3P/c11-14(12,13)10-7-3-5-8-4-1-2-6-9(8)10/h1-6H,(H2,11,12,13). The molecule has 0 saturated heterocycles. The van der Waals surface area contributed by atoms with E-state index in [4.69, 9.17) is 9.79 Å². The normalized spacial score (nSPS) is 11.9. The van der Waals surface area contributed by atoms with Gasteiger partial charge in [0.2, 0.25) is 0 Å². The van der Waals surface area contributed by atoms with Crippen LogP contribution in [0.3, 0.4) is 0 Å². The Morgan fingerprint density at radius 3 is 2.57 bits per heavy atom. The molecule has 14 heavy (non-hydrogen) atoms. The lowest BCUT2D eigenvalue weighted by Crippen LogP contribution is -2.05. The summed E-state index contributed by atoms with van der Waals surface area (Å²) in [7, 11) is -4.22. The fraction of sp³-hybridized carbons (Fsp3) is 0. The quantitative estimate of drug-likeness (QED) is 0.695. The van der Waals surface area contributed by atoms with Crippen LogP contribution < -0.4 is 5.30 Å². The Hall–Kier alpha value is -1.15. The van der Waals surface area contributed by atoms with Crippen LogP contribution in [0, 0.1) is 6.07 Å². The van der Waals surface area contributed by atoms with E-state index in [1.165, 1.54) is 6.07 Å². The Balaban J connectivity index is 2.85. The summed E-state index contributed by atoms with van der Waals surface area (Å²) in [6.07, 6.45) is 0. The van der Waals surface area contributed by atoms with Crippen LogP contribution in [0.5, 0.6) is 0 Å². The van der Waals surface area contributed by atoms with E-state index in [1.54, 1.807) is 18.2 Å². The molecule has 2 aromatic carbocycles. The van der Waals surface area contributed by atoms with Gasteiger partial charge in [-0.2, -0.15) is 0 Å². The Bertz CT molecular complexity index is 510. The van der Waals surface area contributed by atoms with Crippen molar-refractivity contribution in [3.05, 3.63) is 42.5 Å². The van der Waals surface area contributed by atoms with Gasteiger partial charge in [0.05, 0.1) is 5.30 Å². The number of fused-ring (bicyclic) bond motifs is 1. The molecule has 3 nitrogen and oxygen atoms in total. The third kappa shape index (κ3) is 1.58. The van der Waals surface area contributed by atoms with Crippen molar-refractivity contribution < 1.29 is 14.4 Å². The van der Waals surface area contributed by atoms with Gasteiger partial charge in [0.1, 0.15) is 0 Å². The molecule has 2 N–H and O–H groups in total. The first-order chi connectivity index (χ1) is 6.59. The molecule has 0 bridgehead atoms. The molecule has 0 saturated carbocycles. The molecule has 0 spiro atoms. The molecule has 0 unspecified atom stereocenters. The van der Waals surface area contributed by atoms with E-state index in [0.29, 0.717) is 5.39 Å². The van der Waals surface area contributed by atoms with Gasteiger partial charge in [-0.15, -0.1) is 0 Å². The Labute approximate surface area is 81.2 Å². The summed E-state index contributed by atoms with van der Waals surface area (Å²) >= 11 is 0. The minimum atomic E-state index is -4.22. The maximum absolute atomic E-state index is 11.1. The third-order valence-corrected chi connectivity index (χ3v) is 2.94. The molecule has 0 atom stereocenters. The van der Waals surface area contributed by atoms with Gasteiger partial charge in [0.15, 0.2) is 0 Å². The van der Waals surface area contributed by atoms with Crippen molar-refractivity contribution in [3.63, 3.8) is 0 Å². The van der Waals surface area contributed by atoms with Gasteiger partial charge < -0.3 is 9.79 Å². The summed E-state index contributed by atoms with van der Waals surface area (Å²) < 4.78 is 11.1. The molecular weight excluding hydrogens is 199 g/mol. The molecule has 4 heteroatoms. The summed E-state index contributed by atoms with van der Waals surface area (Å²) in [6, 6.07) is 12.9. The minimum Gasteiger partial charge on any atom is -0.321 e. The highest BCUT2D eigenvalue weighted by Gasteiger charge is 2.19. The molecule has 0 aliphatic rings. The van der Waals surface area contributed by atoms with Gasteiger partial charge in [-0.05, 0) is 16.8 Å². The lowest BCUT2D eigenvalue weighted by atomic mass is 10.1. The lowest BCUT2D eigenvalue weighted by molar-refractivity contribution is 0.387. The first-order valence-electron chi connectivity index (χ1n) is 4.04. The SMILES string of the molecule is O=P(O)(O)c1[c]ccc2ccccc12. The Morgan fingerprint density at radius 2 is 1.86 bits per heavy atom. The molecule has 0 aliphatic carbocycles. The molecule has 1 radical (unpaired) electrons. The smallest absolute Gasteiger partial charge is 0.321 e. The van der Waals surface area contributed by atoms with Gasteiger partial charge in [0, 0.05) is 0 Å². The maximum Gasteiger partial charge on any atom is 0.357 e. The van der Waals surface area contributed by atoms with Crippen LogP contribution in [0.15, 0.2) is 36.4 Å². The van der Waals surface area contributed by atoms with E-state index in [-0.39, 0.29) is 5.30 Å². The van der Waals surface area contributed by atoms with E-state index in [2.05, 4.69) is 6.07 Å². The molecule has 2 rings (SSSR count). The fourth-order valence-electron chi connectivity index (χ4n) is 1.39. The van der Waals surface area contributed by atoms with E-state index in [0.717, 1.165) is 5.39 Å². The van der Waals surface area contributed by atoms with Crippen molar-refractivity contribution in [2.45, 2.75) is 0 Å². The van der Waals surface area contributed by atoms with E-state index in [1.807, 2.05) is 12.1 Å². The number of benzene rings is 2. The average molecular weight is 207 g/mol. The van der Waals surface area contributed by atoms with Crippen LogP contribution in [0.4, 0.5) is 0 Å². The number of rotatable bonds is 1. The van der Waals surface area contributed by atoms with E-state index in [9.17, 15) is 4.57 Å². The zero-order valence-corrected chi connectivity index (χ0v) is 8.11. The zero-order valence-electron chi connectivity index (χ0n) is 7.21. The summed E-state index contributed by atoms with van der Waals surface area (Å²) in [5.74, 6) is 0. The predicted molar refractivity (Wildman–Crippen MR) is 54.5 cm³/mol. The topological polar surface area (TPSA) is 57.5 Å². The molecule has 71 valence electrons. The summed E-state index contributed by atoms with van der Waals surface area (Å²) in [4.78, 5) is 18.1. The molecular formula is C10H8O3P. The number of hydrogen-bond acceptors (Lipinski definition) is 1. The minimum absolute atomic E-state index is 0.0319. The monoisotopic (exact) mass is 207 g/mol. The summed E-state index contributed by atoms with van der Waals surface area (Å²) in [5.41, 5.74) is 0. The number of hydrogen-bond donors (Lipinski definition) is 2. The second kappa shape index (κ2) is 3.21. The zero-order chi connectivity index (χ0) is 10.2. The molecule has 0 aromatic heterocycles. The molecule has 0 aliphatic heterocycles. The van der Waals surface area contributed by atoms with Crippen molar-refractivity contribution in [1.82, 2.24) is 0 Å². The van der Waals surface area contributed by atoms with Crippen molar-refractivity contribution in [3.8, 4) is 0 Å². The summed E-state index contributed by atoms with van der Waals surface area (Å²) in [5, 5.41) is 1.34. The van der Waals surface area contributed by atoms with Crippen molar-refractivity contribution in [1.29, 1.82) is 0 Å². The van der Waals surface area contributed by atoms with Crippen LogP contribution in [-0.4, -0.2) is 9.79 Å². The second-order valence-electron chi connectivity index (χ2n) is 2.96. The van der Waals surface area contributed by atoms with Crippen LogP contribution >= 0.6 is 7.60 Å². The first-order valence-corrected chi connectivity index (χ1v) is 5.66. The third-order valence-electron chi connectivity index (χ3n) is 1.99. The van der Waals surface area contributed by atoms with Crippen molar-refractivity contribution in [2.24, 2.45) is 0 Å². The molecule has 0 heterocycles. The van der Waals surface area contributed by atoms with Crippen LogP contribution in [0.2, 0.25) is 0 Å². The predicted octanol–water partition coefficient (Wildman–Crippen LogP) is 1.44. The maximum atomic E-state index is 11.1. The summed E-state index contributed by atoms with van der Waals surface area (Å²) in [6.45, 7) is 0. The molecule has 0 fully saturated rings. The largest absolute Gasteiger partial charge is 0.357 e. The van der Waals surface area contributed by atoms with Crippen molar-refractivity contribution >= 4 is 23.7 Å².